The smallest absolute Gasteiger partial charge is 0.315 e. The third-order valence-corrected chi connectivity index (χ3v) is 2.93. The van der Waals surface area contributed by atoms with Gasteiger partial charge in [0.05, 0.1) is 0 Å². The molecule has 82 valence electrons. The highest BCUT2D eigenvalue weighted by atomic mass is 16.2. The third kappa shape index (κ3) is 2.87. The van der Waals surface area contributed by atoms with E-state index in [1.165, 1.54) is 0 Å². The van der Waals surface area contributed by atoms with Gasteiger partial charge in [0.2, 0.25) is 0 Å². The number of rotatable bonds is 3. The number of carbonyl (C=O) groups is 1. The number of hydrogen-bond donors (Lipinski definition) is 2. The minimum Gasteiger partial charge on any atom is -0.351 e. The van der Waals surface area contributed by atoms with Crippen LogP contribution in [0.1, 0.15) is 39.0 Å². The Morgan fingerprint density at radius 1 is 1.36 bits per heavy atom. The average Bonchev–Trinajstić information content (AvgIpc) is 2.15. The summed E-state index contributed by atoms with van der Waals surface area (Å²) in [5.41, 5.74) is 11.2. The van der Waals surface area contributed by atoms with Gasteiger partial charge in [-0.2, -0.15) is 0 Å². The normalized spacial score (nSPS) is 27.3. The molecule has 2 amide bonds. The number of hydrogen-bond acceptors (Lipinski definition) is 2. The summed E-state index contributed by atoms with van der Waals surface area (Å²) in [6.45, 7) is 2.83. The molecule has 1 saturated carbocycles. The number of carbonyl (C=O) groups excluding carboxylic acids is 1. The molecule has 0 unspecified atom stereocenters. The maximum absolute atomic E-state index is 11.2. The van der Waals surface area contributed by atoms with Crippen molar-refractivity contribution in [3.63, 3.8) is 0 Å². The van der Waals surface area contributed by atoms with Crippen molar-refractivity contribution >= 4 is 6.03 Å². The van der Waals surface area contributed by atoms with Crippen LogP contribution in [0, 0.1) is 0 Å². The molecule has 0 aromatic carbocycles. The summed E-state index contributed by atoms with van der Waals surface area (Å²) in [5.74, 6) is 0. The van der Waals surface area contributed by atoms with Gasteiger partial charge in [-0.15, -0.1) is 0 Å². The van der Waals surface area contributed by atoms with Gasteiger partial charge < -0.3 is 16.4 Å². The van der Waals surface area contributed by atoms with Crippen molar-refractivity contribution in [3.8, 4) is 0 Å². The lowest BCUT2D eigenvalue weighted by molar-refractivity contribution is 0.159. The van der Waals surface area contributed by atoms with Gasteiger partial charge in [-0.25, -0.2) is 4.79 Å². The van der Waals surface area contributed by atoms with E-state index >= 15 is 0 Å². The largest absolute Gasteiger partial charge is 0.351 e. The molecule has 1 aliphatic rings. The molecule has 0 radical (unpaired) electrons. The lowest BCUT2D eigenvalue weighted by Gasteiger charge is -2.34. The van der Waals surface area contributed by atoms with Crippen LogP contribution in [0.2, 0.25) is 0 Å². The van der Waals surface area contributed by atoms with Gasteiger partial charge in [0.25, 0.3) is 0 Å². The van der Waals surface area contributed by atoms with Gasteiger partial charge in [-0.3, -0.25) is 0 Å². The van der Waals surface area contributed by atoms with E-state index in [-0.39, 0.29) is 6.03 Å². The van der Waals surface area contributed by atoms with E-state index in [9.17, 15) is 4.79 Å². The molecule has 4 heteroatoms. The molecule has 4 N–H and O–H groups in total. The first kappa shape index (κ1) is 11.3. The van der Waals surface area contributed by atoms with Crippen molar-refractivity contribution in [1.29, 1.82) is 0 Å². The molecule has 0 aromatic rings. The molecular formula is C10H21N3O. The Bertz CT molecular complexity index is 188. The van der Waals surface area contributed by atoms with Crippen molar-refractivity contribution in [2.45, 2.75) is 51.1 Å². The Kier molecular flexibility index (Phi) is 4.20. The van der Waals surface area contributed by atoms with E-state index in [1.54, 1.807) is 4.90 Å². The van der Waals surface area contributed by atoms with Crippen LogP contribution in [0.15, 0.2) is 0 Å². The maximum atomic E-state index is 11.2. The van der Waals surface area contributed by atoms with Crippen molar-refractivity contribution in [2.24, 2.45) is 11.5 Å². The first-order valence-corrected chi connectivity index (χ1v) is 5.46. The van der Waals surface area contributed by atoms with E-state index in [1.807, 2.05) is 0 Å². The molecule has 0 aliphatic heterocycles. The fourth-order valence-electron chi connectivity index (χ4n) is 2.13. The zero-order chi connectivity index (χ0) is 10.6. The molecule has 0 heterocycles. The van der Waals surface area contributed by atoms with Crippen LogP contribution in [0.5, 0.6) is 0 Å². The summed E-state index contributed by atoms with van der Waals surface area (Å²) >= 11 is 0. The van der Waals surface area contributed by atoms with E-state index in [4.69, 9.17) is 11.5 Å². The summed E-state index contributed by atoms with van der Waals surface area (Å²) in [6.07, 6.45) is 5.00. The number of nitrogens with two attached hydrogens (primary N) is 2. The van der Waals surface area contributed by atoms with E-state index in [0.29, 0.717) is 12.1 Å². The number of urea groups is 1. The SMILES string of the molecule is CCCN(C(N)=O)C1CCC(N)CC1. The van der Waals surface area contributed by atoms with Crippen LogP contribution in [0.4, 0.5) is 4.79 Å². The molecule has 0 bridgehead atoms. The van der Waals surface area contributed by atoms with Crippen molar-refractivity contribution in [2.75, 3.05) is 6.54 Å². The maximum Gasteiger partial charge on any atom is 0.315 e. The van der Waals surface area contributed by atoms with Gasteiger partial charge in [0.1, 0.15) is 0 Å². The van der Waals surface area contributed by atoms with Gasteiger partial charge in [-0.1, -0.05) is 6.92 Å². The Morgan fingerprint density at radius 2 is 1.93 bits per heavy atom. The highest BCUT2D eigenvalue weighted by molar-refractivity contribution is 5.72. The summed E-state index contributed by atoms with van der Waals surface area (Å²) in [6, 6.07) is 0.363. The monoisotopic (exact) mass is 199 g/mol. The molecular weight excluding hydrogens is 178 g/mol. The fraction of sp³-hybridized carbons (Fsp3) is 0.900. The Hall–Kier alpha value is -0.770. The van der Waals surface area contributed by atoms with E-state index < -0.39 is 0 Å². The molecule has 1 fully saturated rings. The Labute approximate surface area is 85.6 Å². The average molecular weight is 199 g/mol. The van der Waals surface area contributed by atoms with Crippen molar-refractivity contribution < 1.29 is 4.79 Å². The molecule has 4 nitrogen and oxygen atoms in total. The summed E-state index contributed by atoms with van der Waals surface area (Å²) in [4.78, 5) is 13.0. The van der Waals surface area contributed by atoms with Crippen LogP contribution in [0.3, 0.4) is 0 Å². The molecule has 0 atom stereocenters. The first-order valence-electron chi connectivity index (χ1n) is 5.46. The minimum atomic E-state index is -0.285. The number of nitrogens with zero attached hydrogens (tertiary/aromatic N) is 1. The summed E-state index contributed by atoms with van der Waals surface area (Å²) < 4.78 is 0. The highest BCUT2D eigenvalue weighted by Gasteiger charge is 2.25. The summed E-state index contributed by atoms with van der Waals surface area (Å²) in [5, 5.41) is 0. The quantitative estimate of drug-likeness (QED) is 0.713. The standard InChI is InChI=1S/C10H21N3O/c1-2-7-13(10(12)14)9-5-3-8(11)4-6-9/h8-9H,2-7,11H2,1H3,(H2,12,14). The lowest BCUT2D eigenvalue weighted by Crippen LogP contribution is -2.46. The Morgan fingerprint density at radius 3 is 2.36 bits per heavy atom. The molecule has 1 rings (SSSR count). The highest BCUT2D eigenvalue weighted by Crippen LogP contribution is 2.22. The molecule has 0 spiro atoms. The molecule has 14 heavy (non-hydrogen) atoms. The topological polar surface area (TPSA) is 72.3 Å². The van der Waals surface area contributed by atoms with E-state index in [2.05, 4.69) is 6.92 Å². The van der Waals surface area contributed by atoms with Crippen LogP contribution in [0.25, 0.3) is 0 Å². The van der Waals surface area contributed by atoms with Crippen LogP contribution in [-0.4, -0.2) is 29.6 Å². The van der Waals surface area contributed by atoms with Crippen molar-refractivity contribution in [3.05, 3.63) is 0 Å². The zero-order valence-electron chi connectivity index (χ0n) is 8.91. The minimum absolute atomic E-state index is 0.285. The van der Waals surface area contributed by atoms with E-state index in [0.717, 1.165) is 38.6 Å². The number of primary amides is 1. The predicted octanol–water partition coefficient (Wildman–Crippen LogP) is 1.05. The van der Waals surface area contributed by atoms with Crippen LogP contribution in [-0.2, 0) is 0 Å². The molecule has 1 aliphatic carbocycles. The predicted molar refractivity (Wildman–Crippen MR) is 56.8 cm³/mol. The van der Waals surface area contributed by atoms with Crippen LogP contribution >= 0.6 is 0 Å². The lowest BCUT2D eigenvalue weighted by atomic mass is 9.91. The molecule has 0 aromatic heterocycles. The second-order valence-corrected chi connectivity index (χ2v) is 4.10. The second kappa shape index (κ2) is 5.20. The Balaban J connectivity index is 2.47. The first-order chi connectivity index (χ1) is 6.65. The van der Waals surface area contributed by atoms with Gasteiger partial charge in [0, 0.05) is 18.6 Å². The number of amides is 2. The van der Waals surface area contributed by atoms with Crippen molar-refractivity contribution in [1.82, 2.24) is 4.90 Å². The third-order valence-electron chi connectivity index (χ3n) is 2.93. The van der Waals surface area contributed by atoms with Gasteiger partial charge in [0.15, 0.2) is 0 Å². The fourth-order valence-corrected chi connectivity index (χ4v) is 2.13. The second-order valence-electron chi connectivity index (χ2n) is 4.10. The zero-order valence-corrected chi connectivity index (χ0v) is 8.91. The van der Waals surface area contributed by atoms with Gasteiger partial charge >= 0.3 is 6.03 Å². The van der Waals surface area contributed by atoms with Crippen LogP contribution < -0.4 is 11.5 Å². The van der Waals surface area contributed by atoms with Gasteiger partial charge in [-0.05, 0) is 32.1 Å². The molecule has 0 saturated heterocycles. The summed E-state index contributed by atoms with van der Waals surface area (Å²) in [7, 11) is 0.